The number of fused-ring (bicyclic) bond motifs is 2. The second-order valence-corrected chi connectivity index (χ2v) is 12.6. The van der Waals surface area contributed by atoms with E-state index in [2.05, 4.69) is 74.5 Å². The predicted molar refractivity (Wildman–Crippen MR) is 150 cm³/mol. The second kappa shape index (κ2) is 9.76. The average Bonchev–Trinajstić information content (AvgIpc) is 3.18. The van der Waals surface area contributed by atoms with Crippen molar-refractivity contribution in [3.63, 3.8) is 0 Å². The molecule has 4 aliphatic rings. The summed E-state index contributed by atoms with van der Waals surface area (Å²) in [4.78, 5) is 0. The number of hydrogen-bond acceptors (Lipinski definition) is 0. The molecule has 0 bridgehead atoms. The third-order valence-corrected chi connectivity index (χ3v) is 10.1. The summed E-state index contributed by atoms with van der Waals surface area (Å²) >= 11 is 0. The zero-order valence-electron chi connectivity index (χ0n) is 22.1. The first-order valence-corrected chi connectivity index (χ1v) is 14.8. The molecule has 0 heteroatoms. The van der Waals surface area contributed by atoms with Gasteiger partial charge in [-0.15, -0.1) is 0 Å². The van der Waals surface area contributed by atoms with E-state index in [0.717, 1.165) is 11.8 Å². The maximum absolute atomic E-state index is 2.74. The van der Waals surface area contributed by atoms with Gasteiger partial charge in [0.2, 0.25) is 0 Å². The van der Waals surface area contributed by atoms with Crippen molar-refractivity contribution in [1.82, 2.24) is 0 Å². The Labute approximate surface area is 213 Å². The van der Waals surface area contributed by atoms with Crippen LogP contribution in [0.15, 0.2) is 60.7 Å². The summed E-state index contributed by atoms with van der Waals surface area (Å²) in [6.45, 7) is 5.13. The molecule has 6 rings (SSSR count). The lowest BCUT2D eigenvalue weighted by molar-refractivity contribution is 0.291. The second-order valence-electron chi connectivity index (χ2n) is 12.6. The van der Waals surface area contributed by atoms with Crippen molar-refractivity contribution in [2.75, 3.05) is 0 Å². The van der Waals surface area contributed by atoms with Gasteiger partial charge in [0.1, 0.15) is 0 Å². The van der Waals surface area contributed by atoms with Crippen LogP contribution in [0, 0.1) is 17.3 Å². The molecule has 4 aliphatic carbocycles. The molecule has 0 spiro atoms. The largest absolute Gasteiger partial charge is 0.0723 e. The fourth-order valence-electron chi connectivity index (χ4n) is 8.10. The maximum Gasteiger partial charge on any atom is 0.00902 e. The molecular formula is C35H44. The van der Waals surface area contributed by atoms with Crippen molar-refractivity contribution in [3.05, 3.63) is 82.9 Å². The zero-order valence-corrected chi connectivity index (χ0v) is 22.1. The van der Waals surface area contributed by atoms with E-state index in [4.69, 9.17) is 0 Å². The Kier molecular flexibility index (Phi) is 6.50. The topological polar surface area (TPSA) is 0 Å². The van der Waals surface area contributed by atoms with E-state index in [-0.39, 0.29) is 5.41 Å². The molecule has 0 saturated heterocycles. The van der Waals surface area contributed by atoms with Crippen molar-refractivity contribution in [2.45, 2.75) is 103 Å². The molecule has 0 amide bonds. The molecule has 2 atom stereocenters. The molecule has 0 aliphatic heterocycles. The Morgan fingerprint density at radius 2 is 0.886 bits per heavy atom. The van der Waals surface area contributed by atoms with Gasteiger partial charge in [-0.3, -0.25) is 0 Å². The van der Waals surface area contributed by atoms with E-state index < -0.39 is 0 Å². The fourth-order valence-corrected chi connectivity index (χ4v) is 8.10. The van der Waals surface area contributed by atoms with Crippen LogP contribution in [0.4, 0.5) is 0 Å². The van der Waals surface area contributed by atoms with E-state index in [0.29, 0.717) is 11.8 Å². The van der Waals surface area contributed by atoms with Crippen LogP contribution in [0.1, 0.15) is 125 Å². The van der Waals surface area contributed by atoms with Gasteiger partial charge in [0.25, 0.3) is 0 Å². The van der Waals surface area contributed by atoms with E-state index in [1.165, 1.54) is 77.0 Å². The summed E-state index contributed by atoms with van der Waals surface area (Å²) < 4.78 is 0. The van der Waals surface area contributed by atoms with Crippen molar-refractivity contribution in [2.24, 2.45) is 17.3 Å². The van der Waals surface area contributed by atoms with Crippen LogP contribution in [0.25, 0.3) is 11.1 Å². The average molecular weight is 465 g/mol. The van der Waals surface area contributed by atoms with Gasteiger partial charge in [-0.2, -0.15) is 0 Å². The first kappa shape index (κ1) is 23.3. The maximum atomic E-state index is 2.74. The van der Waals surface area contributed by atoms with Crippen LogP contribution < -0.4 is 0 Å². The highest BCUT2D eigenvalue weighted by molar-refractivity contribution is 5.79. The van der Waals surface area contributed by atoms with Crippen LogP contribution in [-0.2, 0) is 0 Å². The molecule has 0 N–H and O–H groups in total. The molecule has 0 radical (unpaired) electrons. The van der Waals surface area contributed by atoms with E-state index in [9.17, 15) is 0 Å². The lowest BCUT2D eigenvalue weighted by Crippen LogP contribution is -2.26. The molecule has 2 saturated carbocycles. The minimum Gasteiger partial charge on any atom is -0.0723 e. The Morgan fingerprint density at radius 1 is 0.514 bits per heavy atom. The summed E-state index contributed by atoms with van der Waals surface area (Å²) in [5.41, 5.74) is 9.81. The Hall–Kier alpha value is -2.08. The summed E-state index contributed by atoms with van der Waals surface area (Å²) in [6.07, 6.45) is 22.3. The lowest BCUT2D eigenvalue weighted by Gasteiger charge is -2.37. The Bertz CT molecular complexity index is 1010. The molecule has 2 unspecified atom stereocenters. The molecule has 0 heterocycles. The highest BCUT2D eigenvalue weighted by Gasteiger charge is 2.44. The van der Waals surface area contributed by atoms with E-state index in [1.54, 1.807) is 33.4 Å². The summed E-state index contributed by atoms with van der Waals surface area (Å²) in [5.74, 6) is 2.49. The smallest absolute Gasteiger partial charge is 0.00902 e. The van der Waals surface area contributed by atoms with Gasteiger partial charge in [-0.05, 0) is 76.3 Å². The van der Waals surface area contributed by atoms with Gasteiger partial charge < -0.3 is 0 Å². The van der Waals surface area contributed by atoms with Gasteiger partial charge in [0, 0.05) is 11.8 Å². The quantitative estimate of drug-likeness (QED) is 0.395. The normalized spacial score (nSPS) is 25.9. The number of allylic oxidation sites excluding steroid dienone is 4. The minimum absolute atomic E-state index is 0.144. The summed E-state index contributed by atoms with van der Waals surface area (Å²) in [5, 5.41) is 0. The first-order valence-electron chi connectivity index (χ1n) is 14.8. The van der Waals surface area contributed by atoms with Gasteiger partial charge in [-0.25, -0.2) is 0 Å². The molecule has 2 fully saturated rings. The van der Waals surface area contributed by atoms with E-state index >= 15 is 0 Å². The molecule has 35 heavy (non-hydrogen) atoms. The minimum atomic E-state index is 0.144. The van der Waals surface area contributed by atoms with Crippen LogP contribution in [0.3, 0.4) is 0 Å². The molecule has 0 aromatic heterocycles. The van der Waals surface area contributed by atoms with Gasteiger partial charge in [0.05, 0.1) is 0 Å². The SMILES string of the molecule is CC(C)(C1C=C(C2CCCCCC2)c2ccccc21)C1C=C(C2CCCCCC2)c2ccccc21. The highest BCUT2D eigenvalue weighted by Crippen LogP contribution is 2.58. The fraction of sp³-hybridized carbons (Fsp3) is 0.543. The predicted octanol–water partition coefficient (Wildman–Crippen LogP) is 10.3. The number of benzene rings is 2. The standard InChI is InChI=1S/C35H44/c1-35(2,33-23-31(25-15-7-3-4-8-16-25)27-19-11-13-21-29(27)33)34-24-32(26-17-9-5-6-10-18-26)28-20-12-14-22-30(28)34/h11-14,19-26,33-34H,3-10,15-18H2,1-2H3. The number of hydrogen-bond donors (Lipinski definition) is 0. The molecule has 2 aromatic rings. The monoisotopic (exact) mass is 464 g/mol. The molecule has 0 nitrogen and oxygen atoms in total. The van der Waals surface area contributed by atoms with Gasteiger partial charge >= 0.3 is 0 Å². The summed E-state index contributed by atoms with van der Waals surface area (Å²) in [6, 6.07) is 18.8. The Balaban J connectivity index is 1.39. The van der Waals surface area contributed by atoms with Crippen molar-refractivity contribution in [1.29, 1.82) is 0 Å². The van der Waals surface area contributed by atoms with Gasteiger partial charge in [-0.1, -0.05) is 126 Å². The third kappa shape index (κ3) is 4.26. The zero-order chi connectivity index (χ0) is 23.8. The number of rotatable bonds is 4. The van der Waals surface area contributed by atoms with Crippen LogP contribution in [0.2, 0.25) is 0 Å². The lowest BCUT2D eigenvalue weighted by atomic mass is 9.66. The first-order chi connectivity index (χ1) is 17.1. The molecule has 2 aromatic carbocycles. The van der Waals surface area contributed by atoms with Crippen molar-refractivity contribution < 1.29 is 0 Å². The summed E-state index contributed by atoms with van der Waals surface area (Å²) in [7, 11) is 0. The van der Waals surface area contributed by atoms with Crippen LogP contribution in [0.5, 0.6) is 0 Å². The van der Waals surface area contributed by atoms with Crippen LogP contribution >= 0.6 is 0 Å². The third-order valence-electron chi connectivity index (χ3n) is 10.1. The van der Waals surface area contributed by atoms with Crippen LogP contribution in [-0.4, -0.2) is 0 Å². The van der Waals surface area contributed by atoms with Crippen molar-refractivity contribution >= 4 is 11.1 Å². The molecule has 184 valence electrons. The van der Waals surface area contributed by atoms with Crippen molar-refractivity contribution in [3.8, 4) is 0 Å². The highest BCUT2D eigenvalue weighted by atomic mass is 14.5. The van der Waals surface area contributed by atoms with E-state index in [1.807, 2.05) is 0 Å². The molecular weight excluding hydrogens is 420 g/mol. The Morgan fingerprint density at radius 3 is 1.29 bits per heavy atom. The van der Waals surface area contributed by atoms with Gasteiger partial charge in [0.15, 0.2) is 0 Å².